The predicted octanol–water partition coefficient (Wildman–Crippen LogP) is 1.10. The standard InChI is InChI=1S/C14H18N2O4/c1-8-6-11(8)15-14(20)16-12(13(18)19)7-9-2-4-10(17)5-3-9/h2-5,8,11-12,17H,6-7H2,1H3,(H,18,19)(H2,15,16,20). The number of aromatic hydroxyl groups is 1. The van der Waals surface area contributed by atoms with E-state index in [9.17, 15) is 14.7 Å². The number of carboxylic acid groups (broad SMARTS) is 1. The Balaban J connectivity index is 1.91. The number of rotatable bonds is 5. The number of carboxylic acids is 1. The Hall–Kier alpha value is -2.24. The van der Waals surface area contributed by atoms with Crippen molar-refractivity contribution in [2.75, 3.05) is 0 Å². The lowest BCUT2D eigenvalue weighted by Gasteiger charge is -2.15. The summed E-state index contributed by atoms with van der Waals surface area (Å²) in [6.45, 7) is 2.02. The number of carbonyl (C=O) groups is 2. The summed E-state index contributed by atoms with van der Waals surface area (Å²) in [5.41, 5.74) is 0.732. The quantitative estimate of drug-likeness (QED) is 0.648. The van der Waals surface area contributed by atoms with Crippen LogP contribution in [-0.4, -0.2) is 34.3 Å². The van der Waals surface area contributed by atoms with E-state index < -0.39 is 18.0 Å². The van der Waals surface area contributed by atoms with Gasteiger partial charge in [-0.3, -0.25) is 0 Å². The van der Waals surface area contributed by atoms with E-state index in [-0.39, 0.29) is 18.2 Å². The van der Waals surface area contributed by atoms with E-state index in [4.69, 9.17) is 5.11 Å². The molecule has 0 radical (unpaired) electrons. The molecule has 20 heavy (non-hydrogen) atoms. The van der Waals surface area contributed by atoms with Crippen molar-refractivity contribution in [1.29, 1.82) is 0 Å². The lowest BCUT2D eigenvalue weighted by Crippen LogP contribution is -2.47. The van der Waals surface area contributed by atoms with E-state index in [1.54, 1.807) is 12.1 Å². The van der Waals surface area contributed by atoms with Crippen LogP contribution in [0.5, 0.6) is 5.75 Å². The van der Waals surface area contributed by atoms with Gasteiger partial charge in [0.2, 0.25) is 0 Å². The lowest BCUT2D eigenvalue weighted by molar-refractivity contribution is -0.139. The van der Waals surface area contributed by atoms with Crippen molar-refractivity contribution in [1.82, 2.24) is 10.6 Å². The molecule has 1 aromatic rings. The van der Waals surface area contributed by atoms with E-state index in [1.807, 2.05) is 6.92 Å². The van der Waals surface area contributed by atoms with Crippen LogP contribution < -0.4 is 10.6 Å². The van der Waals surface area contributed by atoms with Crippen LogP contribution in [0.25, 0.3) is 0 Å². The fourth-order valence-electron chi connectivity index (χ4n) is 1.96. The second-order valence-corrected chi connectivity index (χ2v) is 5.20. The highest BCUT2D eigenvalue weighted by atomic mass is 16.4. The maximum absolute atomic E-state index is 11.7. The molecule has 108 valence electrons. The van der Waals surface area contributed by atoms with Gasteiger partial charge in [-0.1, -0.05) is 19.1 Å². The van der Waals surface area contributed by atoms with E-state index >= 15 is 0 Å². The SMILES string of the molecule is CC1CC1NC(=O)NC(Cc1ccc(O)cc1)C(=O)O. The van der Waals surface area contributed by atoms with Gasteiger partial charge < -0.3 is 20.8 Å². The number of phenolic OH excluding ortho intramolecular Hbond substituents is 1. The summed E-state index contributed by atoms with van der Waals surface area (Å²) in [5.74, 6) is -0.507. The van der Waals surface area contributed by atoms with Gasteiger partial charge in [0, 0.05) is 12.5 Å². The Kier molecular flexibility index (Phi) is 4.12. The molecule has 2 amide bonds. The molecule has 3 atom stereocenters. The molecule has 0 bridgehead atoms. The molecule has 1 aliphatic carbocycles. The van der Waals surface area contributed by atoms with Crippen molar-refractivity contribution in [3.63, 3.8) is 0 Å². The average molecular weight is 278 g/mol. The maximum atomic E-state index is 11.7. The van der Waals surface area contributed by atoms with Crippen LogP contribution in [0, 0.1) is 5.92 Å². The summed E-state index contributed by atoms with van der Waals surface area (Å²) >= 11 is 0. The number of benzene rings is 1. The predicted molar refractivity (Wildman–Crippen MR) is 72.5 cm³/mol. The number of nitrogens with one attached hydrogen (secondary N) is 2. The maximum Gasteiger partial charge on any atom is 0.326 e. The number of aliphatic carboxylic acids is 1. The zero-order valence-electron chi connectivity index (χ0n) is 11.2. The highest BCUT2D eigenvalue weighted by molar-refractivity contribution is 5.83. The normalized spacial score (nSPS) is 21.9. The number of hydrogen-bond donors (Lipinski definition) is 4. The van der Waals surface area contributed by atoms with Gasteiger partial charge >= 0.3 is 12.0 Å². The van der Waals surface area contributed by atoms with Gasteiger partial charge in [0.05, 0.1) is 0 Å². The third kappa shape index (κ3) is 3.88. The minimum Gasteiger partial charge on any atom is -0.508 e. The first kappa shape index (κ1) is 14.2. The minimum atomic E-state index is -1.09. The van der Waals surface area contributed by atoms with Crippen LogP contribution in [-0.2, 0) is 11.2 Å². The number of carbonyl (C=O) groups excluding carboxylic acids is 1. The highest BCUT2D eigenvalue weighted by Crippen LogP contribution is 2.28. The fraction of sp³-hybridized carbons (Fsp3) is 0.429. The van der Waals surface area contributed by atoms with Gasteiger partial charge in [0.1, 0.15) is 11.8 Å². The Bertz CT molecular complexity index is 500. The van der Waals surface area contributed by atoms with E-state index in [1.165, 1.54) is 12.1 Å². The van der Waals surface area contributed by atoms with Crippen molar-refractivity contribution in [2.45, 2.75) is 31.8 Å². The van der Waals surface area contributed by atoms with Crippen LogP contribution in [0.15, 0.2) is 24.3 Å². The summed E-state index contributed by atoms with van der Waals surface area (Å²) in [6.07, 6.45) is 1.10. The summed E-state index contributed by atoms with van der Waals surface area (Å²) < 4.78 is 0. The molecular formula is C14H18N2O4. The van der Waals surface area contributed by atoms with Crippen molar-refractivity contribution >= 4 is 12.0 Å². The second kappa shape index (κ2) is 5.81. The molecule has 0 heterocycles. The zero-order valence-corrected chi connectivity index (χ0v) is 11.2. The first-order chi connectivity index (χ1) is 9.45. The molecule has 0 saturated heterocycles. The lowest BCUT2D eigenvalue weighted by atomic mass is 10.1. The first-order valence-electron chi connectivity index (χ1n) is 6.53. The van der Waals surface area contributed by atoms with Gasteiger partial charge in [-0.25, -0.2) is 9.59 Å². The Labute approximate surface area is 116 Å². The summed E-state index contributed by atoms with van der Waals surface area (Å²) in [7, 11) is 0. The third-order valence-corrected chi connectivity index (χ3v) is 3.41. The number of amides is 2. The van der Waals surface area contributed by atoms with Gasteiger partial charge in [0.15, 0.2) is 0 Å². The van der Waals surface area contributed by atoms with Crippen LogP contribution >= 0.6 is 0 Å². The Morgan fingerprint density at radius 2 is 1.95 bits per heavy atom. The Morgan fingerprint density at radius 3 is 2.45 bits per heavy atom. The van der Waals surface area contributed by atoms with Gasteiger partial charge in [0.25, 0.3) is 0 Å². The molecule has 4 N–H and O–H groups in total. The molecule has 1 saturated carbocycles. The summed E-state index contributed by atoms with van der Waals surface area (Å²) in [5, 5.41) is 23.5. The largest absolute Gasteiger partial charge is 0.508 e. The number of urea groups is 1. The molecule has 6 nitrogen and oxygen atoms in total. The van der Waals surface area contributed by atoms with Crippen molar-refractivity contribution in [2.24, 2.45) is 5.92 Å². The molecule has 1 aromatic carbocycles. The first-order valence-corrected chi connectivity index (χ1v) is 6.53. The van der Waals surface area contributed by atoms with E-state index in [0.29, 0.717) is 5.92 Å². The summed E-state index contributed by atoms with van der Waals surface area (Å²) in [6, 6.07) is 4.94. The molecule has 6 heteroatoms. The monoisotopic (exact) mass is 278 g/mol. The molecule has 0 aromatic heterocycles. The molecule has 1 fully saturated rings. The molecule has 3 unspecified atom stereocenters. The zero-order chi connectivity index (χ0) is 14.7. The van der Waals surface area contributed by atoms with Crippen molar-refractivity contribution in [3.8, 4) is 5.75 Å². The van der Waals surface area contributed by atoms with Crippen molar-refractivity contribution in [3.05, 3.63) is 29.8 Å². The van der Waals surface area contributed by atoms with Crippen LogP contribution in [0.3, 0.4) is 0 Å². The van der Waals surface area contributed by atoms with Gasteiger partial charge in [-0.05, 0) is 30.0 Å². The number of phenols is 1. The topological polar surface area (TPSA) is 98.7 Å². The smallest absolute Gasteiger partial charge is 0.326 e. The molecular weight excluding hydrogens is 260 g/mol. The van der Waals surface area contributed by atoms with Gasteiger partial charge in [-0.15, -0.1) is 0 Å². The minimum absolute atomic E-state index is 0.119. The molecule has 1 aliphatic rings. The Morgan fingerprint density at radius 1 is 1.35 bits per heavy atom. The molecule has 0 spiro atoms. The van der Waals surface area contributed by atoms with Gasteiger partial charge in [-0.2, -0.15) is 0 Å². The highest BCUT2D eigenvalue weighted by Gasteiger charge is 2.34. The second-order valence-electron chi connectivity index (χ2n) is 5.20. The average Bonchev–Trinajstić information content (AvgIpc) is 3.06. The molecule has 0 aliphatic heterocycles. The van der Waals surface area contributed by atoms with Crippen molar-refractivity contribution < 1.29 is 19.8 Å². The number of hydrogen-bond acceptors (Lipinski definition) is 3. The third-order valence-electron chi connectivity index (χ3n) is 3.41. The van der Waals surface area contributed by atoms with E-state index in [2.05, 4.69) is 10.6 Å². The summed E-state index contributed by atoms with van der Waals surface area (Å²) in [4.78, 5) is 22.9. The van der Waals surface area contributed by atoms with Crippen LogP contribution in [0.2, 0.25) is 0 Å². The van der Waals surface area contributed by atoms with E-state index in [0.717, 1.165) is 12.0 Å². The van der Waals surface area contributed by atoms with Crippen LogP contribution in [0.4, 0.5) is 4.79 Å². The molecule has 2 rings (SSSR count). The van der Waals surface area contributed by atoms with Crippen LogP contribution in [0.1, 0.15) is 18.9 Å². The fourth-order valence-corrected chi connectivity index (χ4v) is 1.96.